The first kappa shape index (κ1) is 33.2. The Labute approximate surface area is 241 Å². The third-order valence-corrected chi connectivity index (χ3v) is 8.61. The van der Waals surface area contributed by atoms with E-state index in [4.69, 9.17) is 0 Å². The van der Waals surface area contributed by atoms with Crippen molar-refractivity contribution < 1.29 is 10.2 Å². The van der Waals surface area contributed by atoms with Crippen molar-refractivity contribution >= 4 is 0 Å². The van der Waals surface area contributed by atoms with Gasteiger partial charge in [0, 0.05) is 11.5 Å². The van der Waals surface area contributed by atoms with Crippen molar-refractivity contribution in [1.82, 2.24) is 0 Å². The van der Waals surface area contributed by atoms with Crippen LogP contribution in [0.5, 0.6) is 11.5 Å². The zero-order chi connectivity index (χ0) is 28.1. The summed E-state index contributed by atoms with van der Waals surface area (Å²) in [6.45, 7) is 6.21. The van der Waals surface area contributed by atoms with Gasteiger partial charge in [-0.25, -0.2) is 0 Å². The number of aryl methyl sites for hydroxylation is 2. The summed E-state index contributed by atoms with van der Waals surface area (Å²) in [5.41, 5.74) is 4.02. The molecular weight excluding hydrogens is 476 g/mol. The molecule has 0 aliphatic heterocycles. The van der Waals surface area contributed by atoms with Gasteiger partial charge >= 0.3 is 0 Å². The van der Waals surface area contributed by atoms with E-state index in [0.717, 1.165) is 29.5 Å². The predicted molar refractivity (Wildman–Crippen MR) is 170 cm³/mol. The standard InChI is InChI=1S/C37H60O2/c1-4-5-6-7-8-9-10-11-12-13-14-15-16-17-18-19-20-21-22-23-26-34(33-28-29-36(38)32(3)30-33)35-27-24-25-31(2)37(35)39/h24-25,27-30,34,38-39H,4-23,26H2,1-3H3. The van der Waals surface area contributed by atoms with E-state index >= 15 is 0 Å². The van der Waals surface area contributed by atoms with Crippen LogP contribution in [0.4, 0.5) is 0 Å². The van der Waals surface area contributed by atoms with Crippen molar-refractivity contribution in [3.63, 3.8) is 0 Å². The van der Waals surface area contributed by atoms with Crippen LogP contribution in [0.2, 0.25) is 0 Å². The summed E-state index contributed by atoms with van der Waals surface area (Å²) in [7, 11) is 0. The lowest BCUT2D eigenvalue weighted by Gasteiger charge is -2.21. The number of para-hydroxylation sites is 1. The summed E-state index contributed by atoms with van der Waals surface area (Å²) < 4.78 is 0. The van der Waals surface area contributed by atoms with E-state index in [2.05, 4.69) is 19.1 Å². The maximum absolute atomic E-state index is 10.8. The van der Waals surface area contributed by atoms with Gasteiger partial charge in [0.15, 0.2) is 0 Å². The van der Waals surface area contributed by atoms with Gasteiger partial charge < -0.3 is 10.2 Å². The number of hydrogen-bond acceptors (Lipinski definition) is 2. The molecular formula is C37H60O2. The molecule has 0 fully saturated rings. The minimum atomic E-state index is 0.166. The molecule has 2 heteroatoms. The first-order chi connectivity index (χ1) is 19.0. The average molecular weight is 537 g/mol. The number of benzene rings is 2. The molecule has 0 aliphatic rings. The second-order valence-electron chi connectivity index (χ2n) is 12.1. The highest BCUT2D eigenvalue weighted by molar-refractivity contribution is 5.47. The van der Waals surface area contributed by atoms with Crippen LogP contribution in [0.1, 0.15) is 170 Å². The van der Waals surface area contributed by atoms with E-state index in [1.165, 1.54) is 128 Å². The lowest BCUT2D eigenvalue weighted by Crippen LogP contribution is -2.03. The second kappa shape index (κ2) is 20.9. The minimum absolute atomic E-state index is 0.166. The molecule has 39 heavy (non-hydrogen) atoms. The number of phenolic OH excluding ortho intramolecular Hbond substituents is 2. The molecule has 220 valence electrons. The molecule has 0 amide bonds. The molecule has 2 aromatic carbocycles. The van der Waals surface area contributed by atoms with Crippen LogP contribution in [-0.2, 0) is 0 Å². The van der Waals surface area contributed by atoms with Crippen molar-refractivity contribution in [3.05, 3.63) is 58.7 Å². The molecule has 2 aromatic rings. The second-order valence-corrected chi connectivity index (χ2v) is 12.1. The topological polar surface area (TPSA) is 40.5 Å². The Bertz CT molecular complexity index is 887. The van der Waals surface area contributed by atoms with Gasteiger partial charge in [0.1, 0.15) is 11.5 Å². The number of phenols is 2. The molecule has 2 rings (SSSR count). The van der Waals surface area contributed by atoms with Gasteiger partial charge in [0.2, 0.25) is 0 Å². The van der Waals surface area contributed by atoms with Gasteiger partial charge in [0.05, 0.1) is 0 Å². The smallest absolute Gasteiger partial charge is 0.122 e. The zero-order valence-corrected chi connectivity index (χ0v) is 25.8. The molecule has 0 aromatic heterocycles. The molecule has 0 aliphatic carbocycles. The maximum Gasteiger partial charge on any atom is 0.122 e. The molecule has 1 atom stereocenters. The highest BCUT2D eigenvalue weighted by Gasteiger charge is 2.19. The van der Waals surface area contributed by atoms with Gasteiger partial charge in [-0.2, -0.15) is 0 Å². The van der Waals surface area contributed by atoms with Gasteiger partial charge in [-0.15, -0.1) is 0 Å². The first-order valence-corrected chi connectivity index (χ1v) is 16.6. The largest absolute Gasteiger partial charge is 0.508 e. The Balaban J connectivity index is 1.51. The fourth-order valence-electron chi connectivity index (χ4n) is 5.96. The van der Waals surface area contributed by atoms with E-state index in [1.807, 2.05) is 32.0 Å². The molecule has 2 nitrogen and oxygen atoms in total. The molecule has 0 spiro atoms. The van der Waals surface area contributed by atoms with Crippen LogP contribution < -0.4 is 0 Å². The summed E-state index contributed by atoms with van der Waals surface area (Å²) in [6.07, 6.45) is 28.9. The molecule has 2 N–H and O–H groups in total. The Hall–Kier alpha value is -1.96. The summed E-state index contributed by atoms with van der Waals surface area (Å²) in [4.78, 5) is 0. The number of rotatable bonds is 23. The van der Waals surface area contributed by atoms with Crippen molar-refractivity contribution in [1.29, 1.82) is 0 Å². The number of aromatic hydroxyl groups is 2. The average Bonchev–Trinajstić information content (AvgIpc) is 2.93. The van der Waals surface area contributed by atoms with E-state index in [1.54, 1.807) is 6.07 Å². The Morgan fingerprint density at radius 2 is 1.00 bits per heavy atom. The number of hydrogen-bond donors (Lipinski definition) is 2. The zero-order valence-electron chi connectivity index (χ0n) is 25.8. The summed E-state index contributed by atoms with van der Waals surface area (Å²) in [5, 5.41) is 20.8. The van der Waals surface area contributed by atoms with E-state index in [-0.39, 0.29) is 5.92 Å². The van der Waals surface area contributed by atoms with Crippen LogP contribution in [0.15, 0.2) is 36.4 Å². The van der Waals surface area contributed by atoms with Gasteiger partial charge in [-0.05, 0) is 43.0 Å². The summed E-state index contributed by atoms with van der Waals surface area (Å²) >= 11 is 0. The van der Waals surface area contributed by atoms with Crippen molar-refractivity contribution in [3.8, 4) is 11.5 Å². The lowest BCUT2D eigenvalue weighted by atomic mass is 9.84. The van der Waals surface area contributed by atoms with Gasteiger partial charge in [-0.1, -0.05) is 166 Å². The first-order valence-electron chi connectivity index (χ1n) is 16.6. The van der Waals surface area contributed by atoms with E-state index in [9.17, 15) is 10.2 Å². The quantitative estimate of drug-likeness (QED) is 0.139. The third-order valence-electron chi connectivity index (χ3n) is 8.61. The normalized spacial score (nSPS) is 12.2. The van der Waals surface area contributed by atoms with E-state index < -0.39 is 0 Å². The summed E-state index contributed by atoms with van der Waals surface area (Å²) in [6, 6.07) is 12.0. The molecule has 0 radical (unpaired) electrons. The predicted octanol–water partition coefficient (Wildman–Crippen LogP) is 12.1. The Morgan fingerprint density at radius 1 is 0.538 bits per heavy atom. The van der Waals surface area contributed by atoms with Crippen LogP contribution >= 0.6 is 0 Å². The van der Waals surface area contributed by atoms with Crippen LogP contribution in [0.25, 0.3) is 0 Å². The fraction of sp³-hybridized carbons (Fsp3) is 0.676. The number of unbranched alkanes of at least 4 members (excludes halogenated alkanes) is 19. The van der Waals surface area contributed by atoms with Crippen LogP contribution in [0, 0.1) is 13.8 Å². The molecule has 1 unspecified atom stereocenters. The molecule has 0 saturated heterocycles. The minimum Gasteiger partial charge on any atom is -0.508 e. The van der Waals surface area contributed by atoms with Crippen molar-refractivity contribution in [2.45, 2.75) is 162 Å². The highest BCUT2D eigenvalue weighted by atomic mass is 16.3. The Kier molecular flexibility index (Phi) is 17.8. The van der Waals surface area contributed by atoms with Crippen LogP contribution in [-0.4, -0.2) is 10.2 Å². The maximum atomic E-state index is 10.8. The summed E-state index contributed by atoms with van der Waals surface area (Å²) in [5.74, 6) is 0.922. The fourth-order valence-corrected chi connectivity index (χ4v) is 5.96. The highest BCUT2D eigenvalue weighted by Crippen LogP contribution is 2.38. The molecule has 0 saturated carbocycles. The Morgan fingerprint density at radius 3 is 1.46 bits per heavy atom. The van der Waals surface area contributed by atoms with Gasteiger partial charge in [0.25, 0.3) is 0 Å². The van der Waals surface area contributed by atoms with Crippen LogP contribution in [0.3, 0.4) is 0 Å². The third kappa shape index (κ3) is 13.8. The van der Waals surface area contributed by atoms with Gasteiger partial charge in [-0.3, -0.25) is 0 Å². The SMILES string of the molecule is CCCCCCCCCCCCCCCCCCCCCCC(c1ccc(O)c(C)c1)c1cccc(C)c1O. The van der Waals surface area contributed by atoms with Crippen molar-refractivity contribution in [2.75, 3.05) is 0 Å². The lowest BCUT2D eigenvalue weighted by molar-refractivity contribution is 0.455. The monoisotopic (exact) mass is 536 g/mol. The van der Waals surface area contributed by atoms with E-state index in [0.29, 0.717) is 11.5 Å². The molecule has 0 heterocycles. The van der Waals surface area contributed by atoms with Crippen molar-refractivity contribution in [2.24, 2.45) is 0 Å². The molecule has 0 bridgehead atoms.